The lowest BCUT2D eigenvalue weighted by Gasteiger charge is -2.64. The lowest BCUT2D eigenvalue weighted by molar-refractivity contribution is -0.317. The Balaban J connectivity index is 1.19. The number of hydrogen-bond acceptors (Lipinski definition) is 9. The summed E-state index contributed by atoms with van der Waals surface area (Å²) in [6, 6.07) is 0. The second kappa shape index (κ2) is 9.75. The summed E-state index contributed by atoms with van der Waals surface area (Å²) in [6.45, 7) is 6.49. The van der Waals surface area contributed by atoms with E-state index in [2.05, 4.69) is 13.8 Å². The maximum absolute atomic E-state index is 12.4. The van der Waals surface area contributed by atoms with Gasteiger partial charge in [0.25, 0.3) is 0 Å². The molecule has 9 nitrogen and oxygen atoms in total. The van der Waals surface area contributed by atoms with Crippen LogP contribution in [0.5, 0.6) is 0 Å². The van der Waals surface area contributed by atoms with Crippen molar-refractivity contribution in [3.05, 3.63) is 11.6 Å². The molecule has 220 valence electrons. The summed E-state index contributed by atoms with van der Waals surface area (Å²) in [5, 5.41) is 45.2. The number of cyclic esters (lactones) is 1. The van der Waals surface area contributed by atoms with Crippen molar-refractivity contribution >= 4 is 5.97 Å². The van der Waals surface area contributed by atoms with Crippen LogP contribution in [0.15, 0.2) is 11.6 Å². The standard InChI is InChI=1S/C30H46O9/c1-15-24(33)26(36-4)25(34)27(38-15)39-18-12-17-5-6-21-20(29(17,3)22(31)13-18)7-9-28(2)19(8-10-30(21,28)35)16-11-23(32)37-14-16/h11,15,17-22,24-27,31,33-35H,5-10,12-14H2,1-4H3/t15-,17+,18+,19+,20-,21+,22+,24-,25-,26-,27+,28+,29-,30-/m0/s1. The average Bonchev–Trinajstić information content (AvgIpc) is 3.43. The fourth-order valence-electron chi connectivity index (χ4n) is 10.1. The Morgan fingerprint density at radius 3 is 2.46 bits per heavy atom. The summed E-state index contributed by atoms with van der Waals surface area (Å²) in [4.78, 5) is 11.8. The largest absolute Gasteiger partial charge is 0.458 e. The van der Waals surface area contributed by atoms with Crippen LogP contribution in [0.25, 0.3) is 0 Å². The first-order chi connectivity index (χ1) is 18.4. The molecule has 2 aliphatic heterocycles. The van der Waals surface area contributed by atoms with E-state index in [9.17, 15) is 25.2 Å². The quantitative estimate of drug-likeness (QED) is 0.307. The Bertz CT molecular complexity index is 1000. The normalized spacial score (nSPS) is 55.3. The zero-order valence-electron chi connectivity index (χ0n) is 23.6. The molecule has 0 aromatic heterocycles. The highest BCUT2D eigenvalue weighted by Gasteiger charge is 2.69. The van der Waals surface area contributed by atoms with Crippen molar-refractivity contribution in [1.82, 2.24) is 0 Å². The number of carbonyl (C=O) groups is 1. The van der Waals surface area contributed by atoms with Gasteiger partial charge < -0.3 is 39.4 Å². The molecule has 0 amide bonds. The number of aliphatic hydroxyl groups excluding tert-OH is 3. The summed E-state index contributed by atoms with van der Waals surface area (Å²) in [5.74, 6) is 0.393. The SMILES string of the molecule is CO[C@@H]1[C@H](O)[C@@H](O[C@@H]2C[C@H]3CC[C@@H]4[C@H](CC[C@]5(C)[C@@H](C6=CC(=O)OC6)CC[C@]45O)[C@@]3(C)[C@H](O)C2)O[C@@H](C)[C@@H]1O. The maximum Gasteiger partial charge on any atom is 0.331 e. The zero-order valence-corrected chi connectivity index (χ0v) is 23.6. The molecular formula is C30H46O9. The van der Waals surface area contributed by atoms with Crippen molar-refractivity contribution in [3.8, 4) is 0 Å². The highest BCUT2D eigenvalue weighted by molar-refractivity contribution is 5.85. The van der Waals surface area contributed by atoms with Gasteiger partial charge >= 0.3 is 5.97 Å². The fourth-order valence-corrected chi connectivity index (χ4v) is 10.1. The molecule has 5 fully saturated rings. The van der Waals surface area contributed by atoms with Crippen LogP contribution >= 0.6 is 0 Å². The van der Waals surface area contributed by atoms with Crippen LogP contribution in [0, 0.1) is 34.5 Å². The Morgan fingerprint density at radius 1 is 1.00 bits per heavy atom. The van der Waals surface area contributed by atoms with Crippen LogP contribution in [0.1, 0.15) is 72.1 Å². The van der Waals surface area contributed by atoms with Crippen molar-refractivity contribution in [2.75, 3.05) is 13.7 Å². The minimum atomic E-state index is -1.13. The zero-order chi connectivity index (χ0) is 27.9. The summed E-state index contributed by atoms with van der Waals surface area (Å²) >= 11 is 0. The third-order valence-corrected chi connectivity index (χ3v) is 12.4. The predicted molar refractivity (Wildman–Crippen MR) is 139 cm³/mol. The monoisotopic (exact) mass is 550 g/mol. The molecule has 6 rings (SSSR count). The van der Waals surface area contributed by atoms with E-state index in [-0.39, 0.29) is 46.6 Å². The number of hydrogen-bond donors (Lipinski definition) is 4. The highest BCUT2D eigenvalue weighted by Crippen LogP contribution is 2.70. The third-order valence-electron chi connectivity index (χ3n) is 12.4. The van der Waals surface area contributed by atoms with Gasteiger partial charge in [-0.1, -0.05) is 13.8 Å². The van der Waals surface area contributed by atoms with E-state index < -0.39 is 42.4 Å². The molecule has 0 aromatic carbocycles. The molecule has 0 radical (unpaired) electrons. The predicted octanol–water partition coefficient (Wildman–Crippen LogP) is 2.08. The van der Waals surface area contributed by atoms with Gasteiger partial charge in [0, 0.05) is 25.0 Å². The van der Waals surface area contributed by atoms with E-state index in [0.717, 1.165) is 44.1 Å². The van der Waals surface area contributed by atoms with E-state index >= 15 is 0 Å². The molecule has 1 saturated heterocycles. The number of aliphatic hydroxyl groups is 4. The Labute approximate surface area is 230 Å². The van der Waals surface area contributed by atoms with Gasteiger partial charge in [-0.3, -0.25) is 0 Å². The van der Waals surface area contributed by atoms with Gasteiger partial charge in [-0.05, 0) is 86.5 Å². The molecule has 0 spiro atoms. The first-order valence-electron chi connectivity index (χ1n) is 14.9. The molecule has 4 N–H and O–H groups in total. The van der Waals surface area contributed by atoms with E-state index in [1.54, 1.807) is 13.0 Å². The summed E-state index contributed by atoms with van der Waals surface area (Å²) in [6.07, 6.45) is 2.74. The van der Waals surface area contributed by atoms with Gasteiger partial charge in [0.2, 0.25) is 0 Å². The minimum Gasteiger partial charge on any atom is -0.458 e. The Kier molecular flexibility index (Phi) is 7.02. The number of ether oxygens (including phenoxy) is 4. The molecule has 4 aliphatic carbocycles. The first-order valence-corrected chi connectivity index (χ1v) is 14.9. The van der Waals surface area contributed by atoms with Crippen molar-refractivity contribution in [2.45, 2.75) is 121 Å². The van der Waals surface area contributed by atoms with Gasteiger partial charge in [0.1, 0.15) is 24.9 Å². The molecule has 0 aromatic rings. The topological polar surface area (TPSA) is 135 Å². The number of fused-ring (bicyclic) bond motifs is 5. The highest BCUT2D eigenvalue weighted by atomic mass is 16.7. The van der Waals surface area contributed by atoms with E-state index in [1.807, 2.05) is 0 Å². The molecule has 4 saturated carbocycles. The summed E-state index contributed by atoms with van der Waals surface area (Å²) in [5.41, 5.74) is -0.455. The molecule has 6 aliphatic rings. The van der Waals surface area contributed by atoms with Crippen LogP contribution in [0.4, 0.5) is 0 Å². The van der Waals surface area contributed by atoms with Gasteiger partial charge in [-0.25, -0.2) is 4.79 Å². The van der Waals surface area contributed by atoms with Crippen LogP contribution in [0.3, 0.4) is 0 Å². The number of methoxy groups -OCH3 is 1. The van der Waals surface area contributed by atoms with Gasteiger partial charge in [0.15, 0.2) is 6.29 Å². The van der Waals surface area contributed by atoms with Crippen molar-refractivity contribution in [2.24, 2.45) is 34.5 Å². The van der Waals surface area contributed by atoms with E-state index in [4.69, 9.17) is 18.9 Å². The third kappa shape index (κ3) is 4.02. The molecule has 14 atom stereocenters. The Morgan fingerprint density at radius 2 is 1.77 bits per heavy atom. The molecule has 0 bridgehead atoms. The number of carbonyl (C=O) groups excluding carboxylic acids is 1. The number of esters is 1. The molecular weight excluding hydrogens is 504 g/mol. The smallest absolute Gasteiger partial charge is 0.331 e. The van der Waals surface area contributed by atoms with E-state index in [0.29, 0.717) is 19.4 Å². The summed E-state index contributed by atoms with van der Waals surface area (Å²) in [7, 11) is 1.45. The van der Waals surface area contributed by atoms with Gasteiger partial charge in [0.05, 0.1) is 23.9 Å². The van der Waals surface area contributed by atoms with Crippen LogP contribution in [0.2, 0.25) is 0 Å². The van der Waals surface area contributed by atoms with Gasteiger partial charge in [-0.2, -0.15) is 0 Å². The van der Waals surface area contributed by atoms with Crippen LogP contribution in [-0.2, 0) is 23.7 Å². The molecule has 0 unspecified atom stereocenters. The first kappa shape index (κ1) is 28.1. The lowest BCUT2D eigenvalue weighted by Crippen LogP contribution is -2.65. The minimum absolute atomic E-state index is 0.0986. The van der Waals surface area contributed by atoms with Crippen LogP contribution < -0.4 is 0 Å². The second-order valence-electron chi connectivity index (χ2n) is 13.8. The van der Waals surface area contributed by atoms with Crippen LogP contribution in [-0.4, -0.2) is 88.6 Å². The van der Waals surface area contributed by atoms with E-state index in [1.165, 1.54) is 7.11 Å². The Hall–Kier alpha value is -1.07. The van der Waals surface area contributed by atoms with Crippen molar-refractivity contribution in [3.63, 3.8) is 0 Å². The van der Waals surface area contributed by atoms with Crippen molar-refractivity contribution < 1.29 is 44.2 Å². The molecule has 9 heteroatoms. The van der Waals surface area contributed by atoms with Gasteiger partial charge in [-0.15, -0.1) is 0 Å². The molecule has 39 heavy (non-hydrogen) atoms. The lowest BCUT2D eigenvalue weighted by atomic mass is 9.42. The average molecular weight is 551 g/mol. The number of rotatable bonds is 4. The molecule has 2 heterocycles. The fraction of sp³-hybridized carbons (Fsp3) is 0.900. The maximum atomic E-state index is 12.4. The van der Waals surface area contributed by atoms with Crippen molar-refractivity contribution in [1.29, 1.82) is 0 Å². The second-order valence-corrected chi connectivity index (χ2v) is 13.8. The summed E-state index contributed by atoms with van der Waals surface area (Å²) < 4.78 is 22.6.